The van der Waals surface area contributed by atoms with Crippen LogP contribution in [0.1, 0.15) is 35.2 Å². The topological polar surface area (TPSA) is 75.7 Å². The summed E-state index contributed by atoms with van der Waals surface area (Å²) in [6.45, 7) is 0.834. The maximum atomic E-state index is 14.4. The Morgan fingerprint density at radius 1 is 1.13 bits per heavy atom. The quantitative estimate of drug-likeness (QED) is 0.687. The Bertz CT molecular complexity index is 1070. The van der Waals surface area contributed by atoms with E-state index in [0.717, 1.165) is 41.4 Å². The molecule has 0 aromatic heterocycles. The van der Waals surface area contributed by atoms with Crippen molar-refractivity contribution in [3.63, 3.8) is 0 Å². The molecule has 30 heavy (non-hydrogen) atoms. The molecule has 0 bridgehead atoms. The lowest BCUT2D eigenvalue weighted by Crippen LogP contribution is -2.50. The number of carbonyl (C=O) groups is 1. The maximum Gasteiger partial charge on any atom is 0.252 e. The van der Waals surface area contributed by atoms with Crippen LogP contribution in [0, 0.1) is 5.82 Å². The van der Waals surface area contributed by atoms with Crippen LogP contribution in [0.4, 0.5) is 4.39 Å². The van der Waals surface area contributed by atoms with Crippen LogP contribution in [0.25, 0.3) is 0 Å². The van der Waals surface area contributed by atoms with E-state index < -0.39 is 32.2 Å². The largest absolute Gasteiger partial charge is 0.379 e. The Morgan fingerprint density at radius 3 is 2.50 bits per heavy atom. The molecule has 0 radical (unpaired) electrons. The van der Waals surface area contributed by atoms with Crippen molar-refractivity contribution in [3.05, 3.63) is 63.9 Å². The van der Waals surface area contributed by atoms with Gasteiger partial charge in [-0.15, -0.1) is 0 Å². The molecule has 9 heteroatoms. The summed E-state index contributed by atoms with van der Waals surface area (Å²) < 4.78 is 47.5. The number of benzene rings is 2. The average molecular weight is 497 g/mol. The fourth-order valence-electron chi connectivity index (χ4n) is 3.86. The third-order valence-electron chi connectivity index (χ3n) is 5.72. The van der Waals surface area contributed by atoms with Crippen LogP contribution >= 0.6 is 15.9 Å². The molecule has 6 nitrogen and oxygen atoms in total. The highest BCUT2D eigenvalue weighted by Crippen LogP contribution is 2.42. The molecule has 2 aliphatic rings. The average Bonchev–Trinajstić information content (AvgIpc) is 2.71. The van der Waals surface area contributed by atoms with Crippen LogP contribution in [0.2, 0.25) is 0 Å². The second-order valence-electron chi connectivity index (χ2n) is 7.56. The van der Waals surface area contributed by atoms with E-state index in [4.69, 9.17) is 4.74 Å². The number of hydrogen-bond donors (Lipinski definition) is 1. The van der Waals surface area contributed by atoms with Gasteiger partial charge in [0.05, 0.1) is 18.8 Å². The van der Waals surface area contributed by atoms with Crippen molar-refractivity contribution in [1.82, 2.24) is 9.62 Å². The van der Waals surface area contributed by atoms with Gasteiger partial charge in [0.15, 0.2) is 0 Å². The van der Waals surface area contributed by atoms with Crippen molar-refractivity contribution in [2.45, 2.75) is 29.7 Å². The lowest BCUT2D eigenvalue weighted by Gasteiger charge is -2.43. The van der Waals surface area contributed by atoms with Gasteiger partial charge in [-0.3, -0.25) is 4.79 Å². The molecule has 2 aromatic carbocycles. The molecular weight excluding hydrogens is 475 g/mol. The number of halogens is 2. The molecule has 1 amide bonds. The number of morpholine rings is 1. The summed E-state index contributed by atoms with van der Waals surface area (Å²) in [5, 5.41) is 3.06. The van der Waals surface area contributed by atoms with Crippen LogP contribution in [-0.2, 0) is 20.3 Å². The minimum absolute atomic E-state index is 0.115. The second kappa shape index (κ2) is 8.37. The first-order valence-electron chi connectivity index (χ1n) is 9.78. The molecule has 1 saturated heterocycles. The molecule has 2 aromatic rings. The van der Waals surface area contributed by atoms with Crippen molar-refractivity contribution in [1.29, 1.82) is 0 Å². The fourth-order valence-corrected chi connectivity index (χ4v) is 5.76. The van der Waals surface area contributed by atoms with E-state index >= 15 is 0 Å². The minimum atomic E-state index is -4.05. The zero-order valence-corrected chi connectivity index (χ0v) is 18.6. The van der Waals surface area contributed by atoms with Crippen molar-refractivity contribution in [3.8, 4) is 0 Å². The molecule has 160 valence electrons. The van der Waals surface area contributed by atoms with Gasteiger partial charge in [-0.05, 0) is 55.2 Å². The summed E-state index contributed by atoms with van der Waals surface area (Å²) >= 11 is 3.46. The molecule has 1 aliphatic heterocycles. The molecule has 0 spiro atoms. The van der Waals surface area contributed by atoms with E-state index in [0.29, 0.717) is 0 Å². The van der Waals surface area contributed by atoms with Crippen LogP contribution in [0.5, 0.6) is 0 Å². The molecule has 1 aliphatic carbocycles. The van der Waals surface area contributed by atoms with Gasteiger partial charge in [-0.2, -0.15) is 4.31 Å². The van der Waals surface area contributed by atoms with Gasteiger partial charge in [-0.1, -0.05) is 28.1 Å². The van der Waals surface area contributed by atoms with Crippen molar-refractivity contribution in [2.75, 3.05) is 26.3 Å². The molecule has 1 saturated carbocycles. The molecule has 1 N–H and O–H groups in total. The Hall–Kier alpha value is -1.81. The maximum absolute atomic E-state index is 14.4. The summed E-state index contributed by atoms with van der Waals surface area (Å²) in [7, 11) is -4.05. The van der Waals surface area contributed by atoms with Crippen molar-refractivity contribution < 1.29 is 22.3 Å². The van der Waals surface area contributed by atoms with Crippen molar-refractivity contribution >= 4 is 31.9 Å². The van der Waals surface area contributed by atoms with E-state index in [1.54, 1.807) is 0 Å². The lowest BCUT2D eigenvalue weighted by molar-refractivity contribution is 0.0729. The van der Waals surface area contributed by atoms with Crippen LogP contribution in [-0.4, -0.2) is 44.9 Å². The number of amides is 1. The third-order valence-corrected chi connectivity index (χ3v) is 8.13. The molecule has 0 atom stereocenters. The monoisotopic (exact) mass is 496 g/mol. The molecule has 1 heterocycles. The Labute approximate surface area is 183 Å². The second-order valence-corrected chi connectivity index (χ2v) is 10.4. The Morgan fingerprint density at radius 2 is 1.87 bits per heavy atom. The number of rotatable bonds is 5. The molecular formula is C21H22BrFN2O4S. The van der Waals surface area contributed by atoms with Crippen LogP contribution < -0.4 is 5.32 Å². The van der Waals surface area contributed by atoms with Crippen molar-refractivity contribution in [2.24, 2.45) is 0 Å². The number of carbonyl (C=O) groups excluding carboxylic acids is 1. The predicted molar refractivity (Wildman–Crippen MR) is 113 cm³/mol. The van der Waals surface area contributed by atoms with E-state index in [1.807, 2.05) is 24.3 Å². The number of nitrogens with one attached hydrogen (secondary N) is 1. The first-order valence-corrected chi connectivity index (χ1v) is 12.0. The first kappa shape index (κ1) is 21.4. The van der Waals surface area contributed by atoms with Gasteiger partial charge < -0.3 is 10.1 Å². The zero-order chi connectivity index (χ0) is 21.4. The lowest BCUT2D eigenvalue weighted by atomic mass is 9.71. The van der Waals surface area contributed by atoms with Crippen LogP contribution in [0.3, 0.4) is 0 Å². The van der Waals surface area contributed by atoms with E-state index in [2.05, 4.69) is 21.2 Å². The summed E-state index contributed by atoms with van der Waals surface area (Å²) in [6.07, 6.45) is 2.55. The first-order chi connectivity index (χ1) is 14.3. The van der Waals surface area contributed by atoms with E-state index in [9.17, 15) is 17.6 Å². The highest BCUT2D eigenvalue weighted by Gasteiger charge is 2.40. The molecule has 2 fully saturated rings. The highest BCUT2D eigenvalue weighted by molar-refractivity contribution is 9.10. The van der Waals surface area contributed by atoms with E-state index in [1.165, 1.54) is 10.4 Å². The third kappa shape index (κ3) is 4.03. The SMILES string of the molecule is O=C(NC1(c2cccc(Br)c2)CCC1)c1ccc(F)c(S(=O)(=O)N2CCOCC2)c1. The number of ether oxygens (including phenoxy) is 1. The van der Waals surface area contributed by atoms with Crippen LogP contribution in [0.15, 0.2) is 51.8 Å². The number of sulfonamides is 1. The Balaban J connectivity index is 1.61. The predicted octanol–water partition coefficient (Wildman–Crippen LogP) is 3.42. The summed E-state index contributed by atoms with van der Waals surface area (Å²) in [6, 6.07) is 11.2. The van der Waals surface area contributed by atoms with Gasteiger partial charge >= 0.3 is 0 Å². The number of hydrogen-bond acceptors (Lipinski definition) is 4. The van der Waals surface area contributed by atoms with Gasteiger partial charge in [0.25, 0.3) is 5.91 Å². The van der Waals surface area contributed by atoms with Gasteiger partial charge in [-0.25, -0.2) is 12.8 Å². The van der Waals surface area contributed by atoms with Gasteiger partial charge in [0.1, 0.15) is 10.7 Å². The van der Waals surface area contributed by atoms with Gasteiger partial charge in [0, 0.05) is 23.1 Å². The fraction of sp³-hybridized carbons (Fsp3) is 0.381. The summed E-state index contributed by atoms with van der Waals surface area (Å²) in [5.74, 6) is -1.29. The highest BCUT2D eigenvalue weighted by atomic mass is 79.9. The number of nitrogens with zero attached hydrogens (tertiary/aromatic N) is 1. The van der Waals surface area contributed by atoms with Gasteiger partial charge in [0.2, 0.25) is 10.0 Å². The standard InChI is InChI=1S/C21H22BrFN2O4S/c22-17-4-1-3-16(14-17)21(7-2-8-21)24-20(26)15-5-6-18(23)19(13-15)30(27,28)25-9-11-29-12-10-25/h1,3-6,13-14H,2,7-12H2,(H,24,26). The Kier molecular flexibility index (Phi) is 5.98. The normalized spacial score (nSPS) is 19.1. The minimum Gasteiger partial charge on any atom is -0.379 e. The zero-order valence-electron chi connectivity index (χ0n) is 16.2. The molecule has 4 rings (SSSR count). The summed E-state index contributed by atoms with van der Waals surface area (Å²) in [4.78, 5) is 12.5. The smallest absolute Gasteiger partial charge is 0.252 e. The molecule has 0 unspecified atom stereocenters. The summed E-state index contributed by atoms with van der Waals surface area (Å²) in [5.41, 5.74) is 0.600. The van der Waals surface area contributed by atoms with E-state index in [-0.39, 0.29) is 31.9 Å².